The second kappa shape index (κ2) is 12.0. The fourth-order valence-electron chi connectivity index (χ4n) is 7.21. The Labute approximate surface area is 213 Å². The Bertz CT molecular complexity index is 778. The molecule has 3 saturated carbocycles. The first-order chi connectivity index (χ1) is 16.5. The first kappa shape index (κ1) is 28.6. The Morgan fingerprint density at radius 2 is 1.94 bits per heavy atom. The van der Waals surface area contributed by atoms with Crippen molar-refractivity contribution in [2.24, 2.45) is 23.2 Å². The molecule has 0 spiro atoms. The summed E-state index contributed by atoms with van der Waals surface area (Å²) < 4.78 is 5.63. The van der Waals surface area contributed by atoms with Gasteiger partial charge in [-0.3, -0.25) is 0 Å². The molecule has 200 valence electrons. The molecule has 5 heteroatoms. The number of aliphatic hydroxyl groups excluding tert-OH is 3. The highest BCUT2D eigenvalue weighted by molar-refractivity contribution is 5.40. The quantitative estimate of drug-likeness (QED) is 0.321. The molecule has 0 aliphatic heterocycles. The second-order valence-electron chi connectivity index (χ2n) is 12.4. The van der Waals surface area contributed by atoms with E-state index >= 15 is 0 Å². The number of ether oxygens (including phenoxy) is 1. The Hall–Kier alpha value is -0.980. The van der Waals surface area contributed by atoms with Crippen molar-refractivity contribution in [2.45, 2.75) is 116 Å². The average Bonchev–Trinajstić information content (AvgIpc) is 3.14. The topological polar surface area (TPSA) is 90.2 Å². The monoisotopic (exact) mass is 490 g/mol. The fraction of sp³-hybridized carbons (Fsp3) is 0.800. The molecule has 0 heterocycles. The van der Waals surface area contributed by atoms with Crippen LogP contribution < -0.4 is 0 Å². The van der Waals surface area contributed by atoms with Gasteiger partial charge in [0.2, 0.25) is 0 Å². The fourth-order valence-corrected chi connectivity index (χ4v) is 7.21. The first-order valence-electron chi connectivity index (χ1n) is 13.9. The van der Waals surface area contributed by atoms with Crippen LogP contribution >= 0.6 is 0 Å². The van der Waals surface area contributed by atoms with Gasteiger partial charge in [-0.25, -0.2) is 0 Å². The number of aliphatic hydroxyl groups is 4. The van der Waals surface area contributed by atoms with Crippen LogP contribution in [0.3, 0.4) is 0 Å². The molecule has 35 heavy (non-hydrogen) atoms. The Kier molecular flexibility index (Phi) is 9.84. The van der Waals surface area contributed by atoms with E-state index in [9.17, 15) is 15.3 Å². The Morgan fingerprint density at radius 1 is 1.20 bits per heavy atom. The average molecular weight is 491 g/mol. The lowest BCUT2D eigenvalue weighted by molar-refractivity contribution is -0.0968. The summed E-state index contributed by atoms with van der Waals surface area (Å²) in [6, 6.07) is 0. The minimum absolute atomic E-state index is 0.0269. The molecule has 0 aromatic rings. The zero-order valence-corrected chi connectivity index (χ0v) is 22.5. The van der Waals surface area contributed by atoms with E-state index in [0.717, 1.165) is 30.8 Å². The highest BCUT2D eigenvalue weighted by Crippen LogP contribution is 2.60. The summed E-state index contributed by atoms with van der Waals surface area (Å²) in [4.78, 5) is 0. The molecular formula is C30H50O5. The standard InChI is InChI=1S/C30H50O5/c1-20(9-6-15-29(3,4)34)24-13-14-25-22(10-7-16-30(24,25)5)11-12-23-19-26(32)28(27(33)21(23)2)35-18-8-17-31/h11-12,20,24-28,31-34H,2,6-10,13-19H2,1,3-5H3/b22-11+,23-12+/t20-,24-,25+,26-,27+,28-,30-/m1/s1. The van der Waals surface area contributed by atoms with Crippen molar-refractivity contribution in [1.29, 1.82) is 0 Å². The van der Waals surface area contributed by atoms with Gasteiger partial charge in [-0.05, 0) is 93.1 Å². The van der Waals surface area contributed by atoms with Gasteiger partial charge in [-0.1, -0.05) is 51.0 Å². The van der Waals surface area contributed by atoms with Gasteiger partial charge in [0.15, 0.2) is 0 Å². The number of rotatable bonds is 10. The third kappa shape index (κ3) is 6.87. The lowest BCUT2D eigenvalue weighted by Crippen LogP contribution is -2.45. The van der Waals surface area contributed by atoms with Crippen LogP contribution in [0.2, 0.25) is 0 Å². The van der Waals surface area contributed by atoms with E-state index in [1.165, 1.54) is 37.7 Å². The highest BCUT2D eigenvalue weighted by atomic mass is 16.5. The third-order valence-corrected chi connectivity index (χ3v) is 9.17. The molecule has 3 fully saturated rings. The van der Waals surface area contributed by atoms with Gasteiger partial charge in [0.1, 0.15) is 12.2 Å². The summed E-state index contributed by atoms with van der Waals surface area (Å²) in [6.45, 7) is 13.2. The van der Waals surface area contributed by atoms with Crippen LogP contribution in [0.4, 0.5) is 0 Å². The van der Waals surface area contributed by atoms with Gasteiger partial charge in [0.05, 0.1) is 11.7 Å². The summed E-state index contributed by atoms with van der Waals surface area (Å²) in [5, 5.41) is 40.4. The molecule has 3 aliphatic rings. The molecule has 3 rings (SSSR count). The number of hydrogen-bond donors (Lipinski definition) is 4. The summed E-state index contributed by atoms with van der Waals surface area (Å²) >= 11 is 0. The van der Waals surface area contributed by atoms with Crippen molar-refractivity contribution in [2.75, 3.05) is 13.2 Å². The maximum atomic E-state index is 10.7. The predicted molar refractivity (Wildman–Crippen MR) is 141 cm³/mol. The van der Waals surface area contributed by atoms with Crippen molar-refractivity contribution >= 4 is 0 Å². The van der Waals surface area contributed by atoms with E-state index in [2.05, 4.69) is 32.6 Å². The van der Waals surface area contributed by atoms with E-state index in [-0.39, 0.29) is 6.61 Å². The number of fused-ring (bicyclic) bond motifs is 1. The number of hydrogen-bond acceptors (Lipinski definition) is 5. The Morgan fingerprint density at radius 3 is 2.63 bits per heavy atom. The number of allylic oxidation sites excluding steroid dienone is 3. The van der Waals surface area contributed by atoms with Crippen molar-refractivity contribution < 1.29 is 25.2 Å². The van der Waals surface area contributed by atoms with E-state index in [4.69, 9.17) is 9.84 Å². The lowest BCUT2D eigenvalue weighted by Gasteiger charge is -2.44. The van der Waals surface area contributed by atoms with Crippen LogP contribution in [-0.2, 0) is 4.74 Å². The minimum Gasteiger partial charge on any atom is -0.396 e. The zero-order valence-electron chi connectivity index (χ0n) is 22.5. The molecule has 0 radical (unpaired) electrons. The Balaban J connectivity index is 1.67. The maximum absolute atomic E-state index is 10.7. The van der Waals surface area contributed by atoms with Crippen molar-refractivity contribution in [1.82, 2.24) is 0 Å². The van der Waals surface area contributed by atoms with Crippen LogP contribution in [-0.4, -0.2) is 57.6 Å². The van der Waals surface area contributed by atoms with Crippen LogP contribution in [0.1, 0.15) is 91.9 Å². The molecule has 0 aromatic carbocycles. The smallest absolute Gasteiger partial charge is 0.114 e. The summed E-state index contributed by atoms with van der Waals surface area (Å²) in [6.07, 6.45) is 12.1. The summed E-state index contributed by atoms with van der Waals surface area (Å²) in [7, 11) is 0. The normalized spacial score (nSPS) is 37.1. The van der Waals surface area contributed by atoms with E-state index in [0.29, 0.717) is 42.3 Å². The predicted octanol–water partition coefficient (Wildman–Crippen LogP) is 5.08. The molecule has 7 atom stereocenters. The van der Waals surface area contributed by atoms with Crippen LogP contribution in [0, 0.1) is 23.2 Å². The summed E-state index contributed by atoms with van der Waals surface area (Å²) in [5.74, 6) is 1.98. The lowest BCUT2D eigenvalue weighted by atomic mass is 9.60. The first-order valence-corrected chi connectivity index (χ1v) is 13.9. The third-order valence-electron chi connectivity index (χ3n) is 9.17. The van der Waals surface area contributed by atoms with Crippen LogP contribution in [0.15, 0.2) is 35.5 Å². The molecular weight excluding hydrogens is 440 g/mol. The highest BCUT2D eigenvalue weighted by Gasteiger charge is 2.50. The molecule has 0 unspecified atom stereocenters. The molecule has 5 nitrogen and oxygen atoms in total. The van der Waals surface area contributed by atoms with E-state index in [1.54, 1.807) is 0 Å². The minimum atomic E-state index is -0.931. The zero-order chi connectivity index (χ0) is 25.8. The van der Waals surface area contributed by atoms with Gasteiger partial charge >= 0.3 is 0 Å². The largest absolute Gasteiger partial charge is 0.396 e. The molecule has 0 aromatic heterocycles. The van der Waals surface area contributed by atoms with Gasteiger partial charge in [-0.2, -0.15) is 0 Å². The second-order valence-corrected chi connectivity index (χ2v) is 12.4. The van der Waals surface area contributed by atoms with Gasteiger partial charge in [0, 0.05) is 19.6 Å². The van der Waals surface area contributed by atoms with E-state index < -0.39 is 23.9 Å². The maximum Gasteiger partial charge on any atom is 0.114 e. The van der Waals surface area contributed by atoms with Crippen molar-refractivity contribution in [3.63, 3.8) is 0 Å². The molecule has 0 bridgehead atoms. The molecule has 3 aliphatic carbocycles. The van der Waals surface area contributed by atoms with E-state index in [1.807, 2.05) is 13.8 Å². The van der Waals surface area contributed by atoms with Gasteiger partial charge in [-0.15, -0.1) is 0 Å². The molecule has 0 amide bonds. The van der Waals surface area contributed by atoms with Gasteiger partial charge < -0.3 is 25.2 Å². The van der Waals surface area contributed by atoms with Crippen LogP contribution in [0.5, 0.6) is 0 Å². The summed E-state index contributed by atoms with van der Waals surface area (Å²) in [5.41, 5.74) is 2.79. The van der Waals surface area contributed by atoms with Gasteiger partial charge in [0.25, 0.3) is 0 Å². The SMILES string of the molecule is C=C1/C(=C/C=C2\CCC[C@]3(C)[C@@H]([C@H](C)CCCC(C)(C)O)CC[C@@H]23)C[C@@H](O)[C@@H](OCCCO)[C@H]1O. The molecule has 0 saturated heterocycles. The molecule has 4 N–H and O–H groups in total. The van der Waals surface area contributed by atoms with Crippen LogP contribution in [0.25, 0.3) is 0 Å². The van der Waals surface area contributed by atoms with Crippen molar-refractivity contribution in [3.8, 4) is 0 Å². The van der Waals surface area contributed by atoms with Crippen molar-refractivity contribution in [3.05, 3.63) is 35.5 Å².